The van der Waals surface area contributed by atoms with E-state index in [4.69, 9.17) is 0 Å². The highest BCUT2D eigenvalue weighted by atomic mass is 16.1. The molecule has 1 aromatic carbocycles. The molecule has 0 atom stereocenters. The van der Waals surface area contributed by atoms with Crippen molar-refractivity contribution in [3.05, 3.63) is 42.0 Å². The molecule has 0 bridgehead atoms. The largest absolute Gasteiger partial charge is 0.384 e. The van der Waals surface area contributed by atoms with Gasteiger partial charge in [-0.2, -0.15) is 5.10 Å². The van der Waals surface area contributed by atoms with Crippen molar-refractivity contribution in [1.82, 2.24) is 20.1 Å². The number of amides is 1. The van der Waals surface area contributed by atoms with Crippen LogP contribution in [-0.4, -0.2) is 33.3 Å². The third-order valence-corrected chi connectivity index (χ3v) is 5.16. The zero-order chi connectivity index (χ0) is 16.4. The molecule has 1 saturated carbocycles. The second kappa shape index (κ2) is 6.63. The van der Waals surface area contributed by atoms with Crippen LogP contribution in [0.3, 0.4) is 0 Å². The Morgan fingerprint density at radius 1 is 1.25 bits per heavy atom. The van der Waals surface area contributed by atoms with Crippen molar-refractivity contribution in [3.8, 4) is 0 Å². The molecule has 1 aromatic heterocycles. The fourth-order valence-electron chi connectivity index (χ4n) is 3.85. The Labute approximate surface area is 141 Å². The van der Waals surface area contributed by atoms with Gasteiger partial charge in [-0.1, -0.05) is 12.1 Å². The third-order valence-electron chi connectivity index (χ3n) is 5.16. The molecule has 2 N–H and O–H groups in total. The van der Waals surface area contributed by atoms with E-state index in [-0.39, 0.29) is 11.9 Å². The Kier molecular flexibility index (Phi) is 4.19. The van der Waals surface area contributed by atoms with Crippen LogP contribution in [0.2, 0.25) is 0 Å². The summed E-state index contributed by atoms with van der Waals surface area (Å²) in [6.07, 6.45) is 9.57. The summed E-state index contributed by atoms with van der Waals surface area (Å²) in [7, 11) is 0. The maximum atomic E-state index is 12.7. The van der Waals surface area contributed by atoms with Crippen LogP contribution in [0, 0.1) is 0 Å². The summed E-state index contributed by atoms with van der Waals surface area (Å²) >= 11 is 0. The van der Waals surface area contributed by atoms with Gasteiger partial charge in [0.15, 0.2) is 0 Å². The normalized spacial score (nSPS) is 23.2. The molecular formula is C18H23N5O. The average Bonchev–Trinajstić information content (AvgIpc) is 3.16. The number of anilines is 1. The molecule has 0 saturated heterocycles. The first-order chi connectivity index (χ1) is 11.8. The highest BCUT2D eigenvalue weighted by Gasteiger charge is 2.25. The lowest BCUT2D eigenvalue weighted by Gasteiger charge is -2.29. The van der Waals surface area contributed by atoms with Gasteiger partial charge in [-0.05, 0) is 50.2 Å². The van der Waals surface area contributed by atoms with Crippen LogP contribution in [0.15, 0.2) is 30.9 Å². The predicted molar refractivity (Wildman–Crippen MR) is 92.0 cm³/mol. The van der Waals surface area contributed by atoms with Gasteiger partial charge in [-0.25, -0.2) is 9.67 Å². The molecule has 0 spiro atoms. The number of fused-ring (bicyclic) bond motifs is 1. The van der Waals surface area contributed by atoms with Gasteiger partial charge in [-0.15, -0.1) is 0 Å². The molecule has 6 nitrogen and oxygen atoms in total. The summed E-state index contributed by atoms with van der Waals surface area (Å²) in [6, 6.07) is 6.68. The summed E-state index contributed by atoms with van der Waals surface area (Å²) in [4.78, 5) is 16.7. The van der Waals surface area contributed by atoms with Crippen LogP contribution in [-0.2, 0) is 6.42 Å². The van der Waals surface area contributed by atoms with E-state index in [1.54, 1.807) is 12.7 Å². The minimum Gasteiger partial charge on any atom is -0.384 e. The van der Waals surface area contributed by atoms with Crippen LogP contribution < -0.4 is 10.6 Å². The van der Waals surface area contributed by atoms with E-state index in [0.29, 0.717) is 6.04 Å². The van der Waals surface area contributed by atoms with Crippen molar-refractivity contribution in [2.45, 2.75) is 50.6 Å². The van der Waals surface area contributed by atoms with Crippen LogP contribution in [0.4, 0.5) is 5.69 Å². The van der Waals surface area contributed by atoms with Crippen LogP contribution in [0.1, 0.15) is 54.1 Å². The Hall–Kier alpha value is -2.37. The number of nitrogens with zero attached hydrogens (tertiary/aromatic N) is 3. The zero-order valence-electron chi connectivity index (χ0n) is 13.7. The first-order valence-electron chi connectivity index (χ1n) is 8.82. The highest BCUT2D eigenvalue weighted by molar-refractivity contribution is 6.00. The van der Waals surface area contributed by atoms with Gasteiger partial charge in [0.25, 0.3) is 5.91 Å². The molecule has 1 fully saturated rings. The van der Waals surface area contributed by atoms with E-state index in [1.165, 1.54) is 5.56 Å². The van der Waals surface area contributed by atoms with E-state index in [1.807, 2.05) is 16.8 Å². The van der Waals surface area contributed by atoms with E-state index in [9.17, 15) is 4.79 Å². The Balaban J connectivity index is 1.39. The first kappa shape index (κ1) is 15.2. The van der Waals surface area contributed by atoms with Crippen LogP contribution in [0.25, 0.3) is 0 Å². The van der Waals surface area contributed by atoms with Crippen molar-refractivity contribution < 1.29 is 4.79 Å². The molecule has 2 aromatic rings. The van der Waals surface area contributed by atoms with Gasteiger partial charge in [0.05, 0.1) is 17.3 Å². The average molecular weight is 325 g/mol. The molecule has 2 aliphatic rings. The van der Waals surface area contributed by atoms with Crippen molar-refractivity contribution in [2.75, 3.05) is 11.9 Å². The molecule has 2 heterocycles. The predicted octanol–water partition coefficient (Wildman–Crippen LogP) is 2.55. The molecule has 24 heavy (non-hydrogen) atoms. The third kappa shape index (κ3) is 3.00. The van der Waals surface area contributed by atoms with Gasteiger partial charge in [0, 0.05) is 12.6 Å². The Bertz CT molecular complexity index is 704. The molecule has 1 aliphatic carbocycles. The van der Waals surface area contributed by atoms with Crippen LogP contribution >= 0.6 is 0 Å². The number of para-hydroxylation sites is 1. The van der Waals surface area contributed by atoms with E-state index in [0.717, 1.165) is 56.3 Å². The van der Waals surface area contributed by atoms with Crippen molar-refractivity contribution in [1.29, 1.82) is 0 Å². The summed E-state index contributed by atoms with van der Waals surface area (Å²) in [5, 5.41) is 10.9. The standard InChI is InChI=1S/C18H23N5O/c24-18(16-5-1-3-13-4-2-10-20-17(13)16)22-14-6-8-15(9-7-14)23-12-19-11-21-23/h1,3,5,11-12,14-15,20H,2,4,6-10H2,(H,22,24). The second-order valence-electron chi connectivity index (χ2n) is 6.72. The second-order valence-corrected chi connectivity index (χ2v) is 6.72. The summed E-state index contributed by atoms with van der Waals surface area (Å²) in [5.41, 5.74) is 3.06. The minimum atomic E-state index is 0.0467. The lowest BCUT2D eigenvalue weighted by atomic mass is 9.91. The molecular weight excluding hydrogens is 302 g/mol. The lowest BCUT2D eigenvalue weighted by Crippen LogP contribution is -2.38. The van der Waals surface area contributed by atoms with Gasteiger partial charge in [-0.3, -0.25) is 4.79 Å². The summed E-state index contributed by atoms with van der Waals surface area (Å²) < 4.78 is 1.94. The molecule has 1 aliphatic heterocycles. The molecule has 4 rings (SSSR count). The summed E-state index contributed by atoms with van der Waals surface area (Å²) in [6.45, 7) is 0.945. The maximum Gasteiger partial charge on any atom is 0.253 e. The topological polar surface area (TPSA) is 71.8 Å². The zero-order valence-corrected chi connectivity index (χ0v) is 13.7. The molecule has 0 radical (unpaired) electrons. The van der Waals surface area contributed by atoms with E-state index >= 15 is 0 Å². The summed E-state index contributed by atoms with van der Waals surface area (Å²) in [5.74, 6) is 0.0467. The number of benzene rings is 1. The number of hydrogen-bond acceptors (Lipinski definition) is 4. The van der Waals surface area contributed by atoms with Crippen LogP contribution in [0.5, 0.6) is 0 Å². The van der Waals surface area contributed by atoms with Crippen molar-refractivity contribution >= 4 is 11.6 Å². The molecule has 1 amide bonds. The first-order valence-corrected chi connectivity index (χ1v) is 8.82. The number of carbonyl (C=O) groups excluding carboxylic acids is 1. The van der Waals surface area contributed by atoms with Gasteiger partial charge in [0.1, 0.15) is 12.7 Å². The number of carbonyl (C=O) groups is 1. The SMILES string of the molecule is O=C(NC1CCC(n2cncn2)CC1)c1cccc2c1NCCC2. The number of aromatic nitrogens is 3. The Morgan fingerprint density at radius 3 is 2.92 bits per heavy atom. The quantitative estimate of drug-likeness (QED) is 0.910. The van der Waals surface area contributed by atoms with E-state index in [2.05, 4.69) is 26.8 Å². The minimum absolute atomic E-state index is 0.0467. The number of rotatable bonds is 3. The van der Waals surface area contributed by atoms with Gasteiger partial charge in [0.2, 0.25) is 0 Å². The number of aryl methyl sites for hydroxylation is 1. The fourth-order valence-corrected chi connectivity index (χ4v) is 3.85. The molecule has 6 heteroatoms. The van der Waals surface area contributed by atoms with Gasteiger partial charge >= 0.3 is 0 Å². The smallest absolute Gasteiger partial charge is 0.253 e. The monoisotopic (exact) mass is 325 g/mol. The van der Waals surface area contributed by atoms with Crippen molar-refractivity contribution in [3.63, 3.8) is 0 Å². The fraction of sp³-hybridized carbons (Fsp3) is 0.500. The molecule has 0 unspecified atom stereocenters. The van der Waals surface area contributed by atoms with E-state index < -0.39 is 0 Å². The Morgan fingerprint density at radius 2 is 2.12 bits per heavy atom. The maximum absolute atomic E-state index is 12.7. The lowest BCUT2D eigenvalue weighted by molar-refractivity contribution is 0.0922. The van der Waals surface area contributed by atoms with Gasteiger partial charge < -0.3 is 10.6 Å². The van der Waals surface area contributed by atoms with Crippen molar-refractivity contribution in [2.24, 2.45) is 0 Å². The molecule has 126 valence electrons. The number of nitrogens with one attached hydrogen (secondary N) is 2. The highest BCUT2D eigenvalue weighted by Crippen LogP contribution is 2.29. The number of hydrogen-bond donors (Lipinski definition) is 2.